The summed E-state index contributed by atoms with van der Waals surface area (Å²) in [6.07, 6.45) is 2.12. The number of nitrogens with one attached hydrogen (secondary N) is 3. The van der Waals surface area contributed by atoms with Gasteiger partial charge >= 0.3 is 0 Å². The van der Waals surface area contributed by atoms with Crippen LogP contribution in [-0.2, 0) is 30.4 Å². The summed E-state index contributed by atoms with van der Waals surface area (Å²) < 4.78 is 0.341. The average molecular weight is 606 g/mol. The van der Waals surface area contributed by atoms with Crippen LogP contribution in [0.3, 0.4) is 0 Å². The Morgan fingerprint density at radius 2 is 2.15 bits per heavy atom. The van der Waals surface area contributed by atoms with Gasteiger partial charge in [-0.2, -0.15) is 0 Å². The van der Waals surface area contributed by atoms with E-state index in [0.29, 0.717) is 35.1 Å². The number of thioether (sulfide) groups is 1. The number of quaternary nitrogens is 1. The number of aliphatic carboxylic acids is 1. The maximum atomic E-state index is 13.1. The highest BCUT2D eigenvalue weighted by Crippen LogP contribution is 2.40. The molecule has 2 aliphatic rings. The lowest BCUT2D eigenvalue weighted by Crippen LogP contribution is -2.71. The molecule has 17 heteroatoms. The second-order valence-corrected chi connectivity index (χ2v) is 11.8. The molecule has 0 spiro atoms. The van der Waals surface area contributed by atoms with Crippen molar-refractivity contribution in [3.05, 3.63) is 50.5 Å². The number of aromatic nitrogens is 2. The normalized spacial score (nSPS) is 18.9. The highest BCUT2D eigenvalue weighted by Gasteiger charge is 2.53. The van der Waals surface area contributed by atoms with Crippen LogP contribution in [0, 0.1) is 0 Å². The molecule has 0 bridgehead atoms. The summed E-state index contributed by atoms with van der Waals surface area (Å²) in [7, 11) is 5.02. The molecule has 3 amide bonds. The molecule has 0 aromatic carbocycles. The van der Waals surface area contributed by atoms with E-state index in [1.54, 1.807) is 0 Å². The zero-order valence-corrected chi connectivity index (χ0v) is 23.8. The molecule has 2 aliphatic heterocycles. The van der Waals surface area contributed by atoms with Crippen molar-refractivity contribution < 1.29 is 38.7 Å². The summed E-state index contributed by atoms with van der Waals surface area (Å²) in [5.74, 6) is -2.96. The molecule has 2 atom stereocenters. The van der Waals surface area contributed by atoms with Crippen molar-refractivity contribution in [1.82, 2.24) is 20.2 Å². The first kappa shape index (κ1) is 29.8. The molecule has 4 heterocycles. The van der Waals surface area contributed by atoms with Crippen molar-refractivity contribution in [3.8, 4) is 5.75 Å². The van der Waals surface area contributed by atoms with Gasteiger partial charge in [-0.25, -0.2) is 4.98 Å². The fourth-order valence-corrected chi connectivity index (χ4v) is 6.46. The van der Waals surface area contributed by atoms with Crippen LogP contribution >= 0.6 is 23.1 Å². The van der Waals surface area contributed by atoms with Crippen molar-refractivity contribution in [2.45, 2.75) is 17.8 Å². The first-order valence-corrected chi connectivity index (χ1v) is 14.1. The number of anilines is 1. The van der Waals surface area contributed by atoms with Crippen molar-refractivity contribution in [2.75, 3.05) is 45.4 Å². The highest BCUT2D eigenvalue weighted by molar-refractivity contribution is 8.00. The van der Waals surface area contributed by atoms with Crippen LogP contribution in [0.2, 0.25) is 0 Å². The Kier molecular flexibility index (Phi) is 8.79. The van der Waals surface area contributed by atoms with Gasteiger partial charge in [-0.1, -0.05) is 5.16 Å². The number of pyridine rings is 1. The number of carboxylic acids is 1. The molecule has 218 valence electrons. The van der Waals surface area contributed by atoms with Crippen LogP contribution in [0.25, 0.3) is 0 Å². The molecule has 2 aromatic heterocycles. The number of oxime groups is 1. The van der Waals surface area contributed by atoms with E-state index < -0.39 is 34.6 Å². The summed E-state index contributed by atoms with van der Waals surface area (Å²) >= 11 is 2.37. The number of fused-ring (bicyclic) bond motifs is 1. The summed E-state index contributed by atoms with van der Waals surface area (Å²) in [5.41, 5.74) is 0.308. The van der Waals surface area contributed by atoms with Gasteiger partial charge < -0.3 is 39.9 Å². The monoisotopic (exact) mass is 605 g/mol. The largest absolute Gasteiger partial charge is 0.543 e. The fraction of sp³-hybridized carbons (Fsp3) is 0.375. The van der Waals surface area contributed by atoms with Crippen LogP contribution in [0.1, 0.15) is 11.4 Å². The Bertz CT molecular complexity index is 1500. The van der Waals surface area contributed by atoms with E-state index in [-0.39, 0.29) is 40.3 Å². The molecule has 4 rings (SSSR count). The zero-order valence-electron chi connectivity index (χ0n) is 22.2. The minimum absolute atomic E-state index is 0.118. The van der Waals surface area contributed by atoms with Crippen LogP contribution in [-0.4, -0.2) is 106 Å². The summed E-state index contributed by atoms with van der Waals surface area (Å²) in [6, 6.07) is 0.290. The summed E-state index contributed by atoms with van der Waals surface area (Å²) in [4.78, 5) is 73.5. The van der Waals surface area contributed by atoms with Gasteiger partial charge in [-0.3, -0.25) is 24.1 Å². The molecular formula is C24H27N7O8S2. The van der Waals surface area contributed by atoms with Gasteiger partial charge in [0.1, 0.15) is 30.8 Å². The lowest BCUT2D eigenvalue weighted by atomic mass is 10.0. The molecule has 1 fully saturated rings. The first-order chi connectivity index (χ1) is 19.5. The number of rotatable bonds is 12. The molecule has 1 saturated heterocycles. The molecule has 2 aromatic rings. The third-order valence-corrected chi connectivity index (χ3v) is 8.52. The van der Waals surface area contributed by atoms with Crippen molar-refractivity contribution >= 4 is 58.1 Å². The molecule has 0 radical (unpaired) electrons. The molecule has 0 aliphatic carbocycles. The summed E-state index contributed by atoms with van der Waals surface area (Å²) in [6.45, 7) is 0.811. The van der Waals surface area contributed by atoms with Crippen molar-refractivity contribution in [3.63, 3.8) is 0 Å². The minimum Gasteiger partial charge on any atom is -0.543 e. The van der Waals surface area contributed by atoms with Gasteiger partial charge in [0.25, 0.3) is 11.8 Å². The number of carbonyl (C=O) groups is 4. The van der Waals surface area contributed by atoms with E-state index in [9.17, 15) is 34.2 Å². The Balaban J connectivity index is 1.46. The lowest BCUT2D eigenvalue weighted by Gasteiger charge is -2.51. The molecule has 15 nitrogen and oxygen atoms in total. The second-order valence-electron chi connectivity index (χ2n) is 9.80. The Morgan fingerprint density at radius 1 is 1.39 bits per heavy atom. The highest BCUT2D eigenvalue weighted by atomic mass is 32.2. The Labute approximate surface area is 241 Å². The van der Waals surface area contributed by atoms with E-state index in [4.69, 9.17) is 4.84 Å². The predicted molar refractivity (Wildman–Crippen MR) is 147 cm³/mol. The molecule has 0 saturated carbocycles. The van der Waals surface area contributed by atoms with Crippen LogP contribution in [0.4, 0.5) is 5.13 Å². The van der Waals surface area contributed by atoms with Gasteiger partial charge in [0.15, 0.2) is 16.6 Å². The number of carbonyl (C=O) groups excluding carboxylic acids is 4. The number of aromatic amines is 1. The van der Waals surface area contributed by atoms with Gasteiger partial charge in [0.2, 0.25) is 11.8 Å². The number of nitrogens with zero attached hydrogens (tertiary/aromatic N) is 4. The number of thiazole rings is 1. The second kappa shape index (κ2) is 12.1. The van der Waals surface area contributed by atoms with E-state index in [2.05, 4.69) is 25.8 Å². The minimum atomic E-state index is -1.49. The van der Waals surface area contributed by atoms with Gasteiger partial charge in [0.05, 0.1) is 32.3 Å². The lowest BCUT2D eigenvalue weighted by molar-refractivity contribution is -0.885. The average Bonchev–Trinajstić information content (AvgIpc) is 3.38. The number of H-pyrrole nitrogens is 1. The number of carboxylic acid groups (broad SMARTS) is 1. The molecular weight excluding hydrogens is 578 g/mol. The standard InChI is InChI=1S/C24H27N7O8S2/c1-31(2,5-4-13-6-15(33)16(34)7-25-13)8-12-9-40-22-18(21(36)30(22)19(12)23(37)38)28-20(35)17(29-39-3)14-10-41-24(27-14)26-11-32/h6-7,10-11,18,22H,4-5,8-9H2,1-3H3,(H4-,25,26,27,28,29,32,33,34,35,37,38)/t18-,22-/m1/s1. The van der Waals surface area contributed by atoms with Crippen LogP contribution in [0.5, 0.6) is 5.75 Å². The number of aromatic hydroxyl groups is 1. The van der Waals surface area contributed by atoms with Gasteiger partial charge in [-0.15, -0.1) is 23.1 Å². The van der Waals surface area contributed by atoms with E-state index in [0.717, 1.165) is 16.2 Å². The number of likely N-dealkylation sites (N-methyl/N-ethyl adjacent to an activating group) is 1. The maximum absolute atomic E-state index is 13.1. The van der Waals surface area contributed by atoms with Gasteiger partial charge in [-0.05, 0) is 0 Å². The van der Waals surface area contributed by atoms with Crippen LogP contribution in [0.15, 0.2) is 38.9 Å². The molecule has 41 heavy (non-hydrogen) atoms. The third-order valence-electron chi connectivity index (χ3n) is 6.41. The quantitative estimate of drug-likeness (QED) is 0.0700. The van der Waals surface area contributed by atoms with E-state index in [1.165, 1.54) is 36.5 Å². The Morgan fingerprint density at radius 3 is 2.80 bits per heavy atom. The SMILES string of the molecule is CON=C(C(=O)N[C@@H]1C(=O)N2C(C(=O)[O-])=C(C[N+](C)(C)CCc3cc(=O)c(O)c[nH]3)CS[C@H]12)c1csc(NC=O)n1. The summed E-state index contributed by atoms with van der Waals surface area (Å²) in [5, 5.41) is 31.3. The maximum Gasteiger partial charge on any atom is 0.276 e. The van der Waals surface area contributed by atoms with Crippen molar-refractivity contribution in [2.24, 2.45) is 5.16 Å². The smallest absolute Gasteiger partial charge is 0.276 e. The zero-order chi connectivity index (χ0) is 29.9. The van der Waals surface area contributed by atoms with Crippen LogP contribution < -0.4 is 21.2 Å². The molecule has 0 unspecified atom stereocenters. The first-order valence-electron chi connectivity index (χ1n) is 12.1. The van der Waals surface area contributed by atoms with Gasteiger partial charge in [0, 0.05) is 41.1 Å². The number of β-lactam (4-membered cyclic amide) rings is 1. The van der Waals surface area contributed by atoms with Crippen molar-refractivity contribution in [1.29, 1.82) is 0 Å². The topological polar surface area (TPSA) is 206 Å². The van der Waals surface area contributed by atoms with E-state index in [1.807, 2.05) is 14.1 Å². The number of hydrogen-bond acceptors (Lipinski definition) is 12. The molecule has 4 N–H and O–H groups in total. The number of amides is 3. The fourth-order valence-electron chi connectivity index (χ4n) is 4.47. The number of hydrogen-bond donors (Lipinski definition) is 4. The predicted octanol–water partition coefficient (Wildman–Crippen LogP) is -1.82. The third kappa shape index (κ3) is 6.41. The Hall–Kier alpha value is -4.22. The van der Waals surface area contributed by atoms with E-state index >= 15 is 0 Å².